The van der Waals surface area contributed by atoms with Crippen LogP contribution in [0.4, 0.5) is 0 Å². The first kappa shape index (κ1) is 12.1. The molecule has 0 saturated heterocycles. The van der Waals surface area contributed by atoms with Gasteiger partial charge in [0.2, 0.25) is 0 Å². The van der Waals surface area contributed by atoms with Crippen LogP contribution < -0.4 is 5.32 Å². The van der Waals surface area contributed by atoms with Crippen molar-refractivity contribution in [2.24, 2.45) is 5.92 Å². The predicted octanol–water partition coefficient (Wildman–Crippen LogP) is 4.29. The van der Waals surface area contributed by atoms with E-state index in [4.69, 9.17) is 0 Å². The molecule has 0 spiro atoms. The van der Waals surface area contributed by atoms with Gasteiger partial charge in [0.05, 0.1) is 0 Å². The van der Waals surface area contributed by atoms with Gasteiger partial charge in [-0.1, -0.05) is 13.3 Å². The second-order valence-electron chi connectivity index (χ2n) is 5.12. The maximum Gasteiger partial charge on any atom is 0.0388 e. The average molecular weight is 237 g/mol. The number of hydrogen-bond donors (Lipinski definition) is 1. The molecule has 1 fully saturated rings. The third-order valence-electron chi connectivity index (χ3n) is 3.79. The van der Waals surface area contributed by atoms with Gasteiger partial charge < -0.3 is 5.32 Å². The summed E-state index contributed by atoms with van der Waals surface area (Å²) in [6.45, 7) is 6.80. The molecule has 2 rings (SSSR count). The zero-order chi connectivity index (χ0) is 11.5. The maximum atomic E-state index is 3.78. The summed E-state index contributed by atoms with van der Waals surface area (Å²) < 4.78 is 0. The van der Waals surface area contributed by atoms with Crippen molar-refractivity contribution in [1.82, 2.24) is 5.32 Å². The molecule has 1 heterocycles. The molecule has 3 atom stereocenters. The Bertz CT molecular complexity index is 331. The van der Waals surface area contributed by atoms with Gasteiger partial charge in [-0.2, -0.15) is 0 Å². The molecule has 1 aromatic heterocycles. The summed E-state index contributed by atoms with van der Waals surface area (Å²) in [5, 5.41) is 3.78. The maximum absolute atomic E-state index is 3.78. The number of aryl methyl sites for hydroxylation is 1. The Morgan fingerprint density at radius 1 is 1.44 bits per heavy atom. The molecule has 90 valence electrons. The van der Waals surface area contributed by atoms with Gasteiger partial charge in [0.25, 0.3) is 0 Å². The number of hydrogen-bond acceptors (Lipinski definition) is 2. The zero-order valence-corrected chi connectivity index (χ0v) is 11.4. The molecule has 16 heavy (non-hydrogen) atoms. The van der Waals surface area contributed by atoms with Crippen LogP contribution in [0.2, 0.25) is 0 Å². The van der Waals surface area contributed by atoms with Crippen LogP contribution in [0.5, 0.6) is 0 Å². The lowest BCUT2D eigenvalue weighted by atomic mass is 10.1. The number of nitrogens with one attached hydrogen (secondary N) is 1. The summed E-state index contributed by atoms with van der Waals surface area (Å²) >= 11 is 1.92. The van der Waals surface area contributed by atoms with Crippen LogP contribution in [0.1, 0.15) is 55.3 Å². The van der Waals surface area contributed by atoms with Gasteiger partial charge in [0.1, 0.15) is 0 Å². The van der Waals surface area contributed by atoms with E-state index < -0.39 is 0 Å². The summed E-state index contributed by atoms with van der Waals surface area (Å²) in [5.41, 5.74) is 0. The normalized spacial score (nSPS) is 27.2. The van der Waals surface area contributed by atoms with Crippen LogP contribution >= 0.6 is 11.3 Å². The largest absolute Gasteiger partial charge is 0.307 e. The van der Waals surface area contributed by atoms with Gasteiger partial charge >= 0.3 is 0 Å². The minimum Gasteiger partial charge on any atom is -0.307 e. The molecule has 0 aliphatic heterocycles. The first-order valence-corrected chi connectivity index (χ1v) is 7.33. The molecule has 1 aliphatic rings. The summed E-state index contributed by atoms with van der Waals surface area (Å²) in [6.07, 6.45) is 5.52. The van der Waals surface area contributed by atoms with Crippen molar-refractivity contribution >= 4 is 11.3 Å². The fraction of sp³-hybridized carbons (Fsp3) is 0.714. The van der Waals surface area contributed by atoms with Crippen molar-refractivity contribution in [3.63, 3.8) is 0 Å². The van der Waals surface area contributed by atoms with Crippen molar-refractivity contribution in [1.29, 1.82) is 0 Å². The highest BCUT2D eigenvalue weighted by atomic mass is 32.1. The number of rotatable bonds is 4. The van der Waals surface area contributed by atoms with E-state index in [2.05, 4.69) is 38.2 Å². The lowest BCUT2D eigenvalue weighted by Crippen LogP contribution is -2.28. The van der Waals surface area contributed by atoms with E-state index in [1.54, 1.807) is 0 Å². The topological polar surface area (TPSA) is 12.0 Å². The Kier molecular flexibility index (Phi) is 4.04. The lowest BCUT2D eigenvalue weighted by Gasteiger charge is -2.18. The van der Waals surface area contributed by atoms with Crippen LogP contribution in [0.25, 0.3) is 0 Å². The Balaban J connectivity index is 1.86. The molecule has 3 unspecified atom stereocenters. The Morgan fingerprint density at radius 2 is 2.25 bits per heavy atom. The van der Waals surface area contributed by atoms with Crippen molar-refractivity contribution in [3.05, 3.63) is 21.9 Å². The summed E-state index contributed by atoms with van der Waals surface area (Å²) in [6, 6.07) is 5.77. The molecule has 0 radical (unpaired) electrons. The first-order chi connectivity index (χ1) is 7.69. The van der Waals surface area contributed by atoms with E-state index in [0.717, 1.165) is 12.0 Å². The van der Waals surface area contributed by atoms with E-state index in [9.17, 15) is 0 Å². The van der Waals surface area contributed by atoms with E-state index in [0.29, 0.717) is 6.04 Å². The molecule has 1 N–H and O–H groups in total. The highest BCUT2D eigenvalue weighted by Gasteiger charge is 2.24. The van der Waals surface area contributed by atoms with E-state index >= 15 is 0 Å². The molecule has 0 amide bonds. The third-order valence-corrected chi connectivity index (χ3v) is 4.98. The standard InChI is InChI=1S/C14H23NS/c1-4-12-6-7-13(9-12)15-11(3)14-8-5-10(2)16-14/h5,8,11-13,15H,4,6-7,9H2,1-3H3. The monoisotopic (exact) mass is 237 g/mol. The SMILES string of the molecule is CCC1CCC(NC(C)c2ccc(C)s2)C1. The van der Waals surface area contributed by atoms with Crippen LogP contribution in [0.15, 0.2) is 12.1 Å². The van der Waals surface area contributed by atoms with Crippen molar-refractivity contribution in [2.75, 3.05) is 0 Å². The fourth-order valence-electron chi connectivity index (χ4n) is 2.72. The highest BCUT2D eigenvalue weighted by molar-refractivity contribution is 7.12. The zero-order valence-electron chi connectivity index (χ0n) is 10.6. The van der Waals surface area contributed by atoms with Gasteiger partial charge in [-0.25, -0.2) is 0 Å². The van der Waals surface area contributed by atoms with Crippen LogP contribution in [-0.4, -0.2) is 6.04 Å². The molecule has 2 heteroatoms. The van der Waals surface area contributed by atoms with Crippen molar-refractivity contribution in [2.45, 2.75) is 58.5 Å². The van der Waals surface area contributed by atoms with Gasteiger partial charge in [0.15, 0.2) is 0 Å². The second-order valence-corrected chi connectivity index (χ2v) is 6.44. The number of thiophene rings is 1. The molecule has 1 aliphatic carbocycles. The summed E-state index contributed by atoms with van der Waals surface area (Å²) in [7, 11) is 0. The Hall–Kier alpha value is -0.340. The predicted molar refractivity (Wildman–Crippen MR) is 72.0 cm³/mol. The molecule has 1 nitrogen and oxygen atoms in total. The van der Waals surface area contributed by atoms with Crippen LogP contribution in [0, 0.1) is 12.8 Å². The van der Waals surface area contributed by atoms with E-state index in [1.807, 2.05) is 11.3 Å². The van der Waals surface area contributed by atoms with Gasteiger partial charge in [-0.3, -0.25) is 0 Å². The van der Waals surface area contributed by atoms with E-state index in [1.165, 1.54) is 35.4 Å². The quantitative estimate of drug-likeness (QED) is 0.824. The highest BCUT2D eigenvalue weighted by Crippen LogP contribution is 2.30. The molecular weight excluding hydrogens is 214 g/mol. The molecule has 1 aromatic rings. The molecule has 0 aromatic carbocycles. The molecule has 1 saturated carbocycles. The van der Waals surface area contributed by atoms with Gasteiger partial charge in [-0.15, -0.1) is 11.3 Å². The summed E-state index contributed by atoms with van der Waals surface area (Å²) in [4.78, 5) is 2.90. The molecular formula is C14H23NS. The second kappa shape index (κ2) is 5.33. The smallest absolute Gasteiger partial charge is 0.0388 e. The third kappa shape index (κ3) is 2.86. The fourth-order valence-corrected chi connectivity index (χ4v) is 3.61. The summed E-state index contributed by atoms with van der Waals surface area (Å²) in [5.74, 6) is 0.967. The van der Waals surface area contributed by atoms with Gasteiger partial charge in [-0.05, 0) is 51.2 Å². The Morgan fingerprint density at radius 3 is 2.81 bits per heavy atom. The molecule has 0 bridgehead atoms. The minimum absolute atomic E-state index is 0.527. The van der Waals surface area contributed by atoms with Crippen LogP contribution in [-0.2, 0) is 0 Å². The average Bonchev–Trinajstić information content (AvgIpc) is 2.87. The van der Waals surface area contributed by atoms with E-state index in [-0.39, 0.29) is 0 Å². The van der Waals surface area contributed by atoms with Gasteiger partial charge in [0, 0.05) is 21.8 Å². The van der Waals surface area contributed by atoms with Crippen molar-refractivity contribution < 1.29 is 0 Å². The minimum atomic E-state index is 0.527. The van der Waals surface area contributed by atoms with Crippen LogP contribution in [0.3, 0.4) is 0 Å². The Labute approximate surface area is 103 Å². The lowest BCUT2D eigenvalue weighted by molar-refractivity contribution is 0.441. The first-order valence-electron chi connectivity index (χ1n) is 6.51. The van der Waals surface area contributed by atoms with Crippen molar-refractivity contribution in [3.8, 4) is 0 Å².